The number of benzene rings is 3. The number of nitriles is 1. The van der Waals surface area contributed by atoms with Crippen LogP contribution in [0.3, 0.4) is 0 Å². The number of fused-ring (bicyclic) bond motifs is 1. The lowest BCUT2D eigenvalue weighted by Gasteiger charge is -2.13. The average molecular weight is 387 g/mol. The third-order valence-electron chi connectivity index (χ3n) is 4.66. The van der Waals surface area contributed by atoms with Gasteiger partial charge in [0.15, 0.2) is 0 Å². The standard InChI is InChI=1S/C24H21NO4/c1-16-7-9-20(13-17(16)2)28-11-12-29-23-10-8-18-5-3-4-6-21(18)22(23)14-19(15-25)24(26)27/h3-10,13-14H,11-12H2,1-2H3,(H,26,27). The largest absolute Gasteiger partial charge is 0.490 e. The summed E-state index contributed by atoms with van der Waals surface area (Å²) < 4.78 is 11.6. The summed E-state index contributed by atoms with van der Waals surface area (Å²) >= 11 is 0. The molecular weight excluding hydrogens is 366 g/mol. The van der Waals surface area contributed by atoms with E-state index in [0.29, 0.717) is 17.9 Å². The predicted molar refractivity (Wildman–Crippen MR) is 112 cm³/mol. The number of carbonyl (C=O) groups is 1. The lowest BCUT2D eigenvalue weighted by molar-refractivity contribution is -0.132. The van der Waals surface area contributed by atoms with E-state index in [2.05, 4.69) is 0 Å². The number of hydrogen-bond acceptors (Lipinski definition) is 4. The van der Waals surface area contributed by atoms with Gasteiger partial charge in [-0.3, -0.25) is 0 Å². The Hall–Kier alpha value is -3.78. The highest BCUT2D eigenvalue weighted by molar-refractivity contribution is 6.01. The summed E-state index contributed by atoms with van der Waals surface area (Å²) in [7, 11) is 0. The molecule has 0 saturated heterocycles. The van der Waals surface area contributed by atoms with Gasteiger partial charge in [-0.2, -0.15) is 5.26 Å². The number of hydrogen-bond donors (Lipinski definition) is 1. The minimum absolute atomic E-state index is 0.279. The molecule has 3 aromatic rings. The van der Waals surface area contributed by atoms with Crippen molar-refractivity contribution in [3.63, 3.8) is 0 Å². The third-order valence-corrected chi connectivity index (χ3v) is 4.66. The van der Waals surface area contributed by atoms with Gasteiger partial charge in [0.1, 0.15) is 36.4 Å². The van der Waals surface area contributed by atoms with Crippen molar-refractivity contribution in [1.29, 1.82) is 5.26 Å². The zero-order valence-electron chi connectivity index (χ0n) is 16.3. The molecule has 3 aromatic carbocycles. The summed E-state index contributed by atoms with van der Waals surface area (Å²) in [4.78, 5) is 11.3. The average Bonchev–Trinajstić information content (AvgIpc) is 2.72. The van der Waals surface area contributed by atoms with Crippen LogP contribution in [-0.4, -0.2) is 24.3 Å². The Balaban J connectivity index is 1.81. The van der Waals surface area contributed by atoms with Gasteiger partial charge in [0, 0.05) is 5.56 Å². The van der Waals surface area contributed by atoms with Crippen LogP contribution in [0.2, 0.25) is 0 Å². The quantitative estimate of drug-likeness (QED) is 0.354. The molecule has 0 bridgehead atoms. The Labute approximate surface area is 169 Å². The van der Waals surface area contributed by atoms with E-state index >= 15 is 0 Å². The molecule has 0 radical (unpaired) electrons. The van der Waals surface area contributed by atoms with Crippen molar-refractivity contribution < 1.29 is 19.4 Å². The van der Waals surface area contributed by atoms with Crippen LogP contribution < -0.4 is 9.47 Å². The summed E-state index contributed by atoms with van der Waals surface area (Å²) in [6.07, 6.45) is 1.35. The van der Waals surface area contributed by atoms with Crippen LogP contribution in [0.4, 0.5) is 0 Å². The summed E-state index contributed by atoms with van der Waals surface area (Å²) in [6, 6.07) is 18.9. The molecule has 0 aromatic heterocycles. The van der Waals surface area contributed by atoms with Crippen LogP contribution in [0.25, 0.3) is 16.8 Å². The van der Waals surface area contributed by atoms with Gasteiger partial charge in [-0.1, -0.05) is 36.4 Å². The maximum absolute atomic E-state index is 11.3. The first-order valence-corrected chi connectivity index (χ1v) is 9.19. The van der Waals surface area contributed by atoms with Crippen molar-refractivity contribution in [2.24, 2.45) is 0 Å². The van der Waals surface area contributed by atoms with Gasteiger partial charge >= 0.3 is 5.97 Å². The molecule has 3 rings (SSSR count). The Morgan fingerprint density at radius 2 is 1.79 bits per heavy atom. The first-order valence-electron chi connectivity index (χ1n) is 9.19. The zero-order chi connectivity index (χ0) is 20.8. The van der Waals surface area contributed by atoms with E-state index in [1.54, 1.807) is 12.1 Å². The van der Waals surface area contributed by atoms with Gasteiger partial charge in [-0.25, -0.2) is 4.79 Å². The maximum Gasteiger partial charge on any atom is 0.346 e. The fourth-order valence-corrected chi connectivity index (χ4v) is 2.95. The second-order valence-electron chi connectivity index (χ2n) is 6.62. The van der Waals surface area contributed by atoms with Gasteiger partial charge in [0.05, 0.1) is 0 Å². The molecule has 5 heteroatoms. The third kappa shape index (κ3) is 4.74. The van der Waals surface area contributed by atoms with Gasteiger partial charge in [0.25, 0.3) is 0 Å². The number of carboxylic acid groups (broad SMARTS) is 1. The lowest BCUT2D eigenvalue weighted by Crippen LogP contribution is -2.10. The first-order chi connectivity index (χ1) is 14.0. The van der Waals surface area contributed by atoms with Crippen molar-refractivity contribution >= 4 is 22.8 Å². The molecule has 0 spiro atoms. The van der Waals surface area contributed by atoms with Crippen LogP contribution in [0.1, 0.15) is 16.7 Å². The van der Waals surface area contributed by atoms with Crippen molar-refractivity contribution in [1.82, 2.24) is 0 Å². The second kappa shape index (κ2) is 8.94. The van der Waals surface area contributed by atoms with Crippen molar-refractivity contribution in [3.05, 3.63) is 76.9 Å². The Kier molecular flexibility index (Phi) is 6.16. The summed E-state index contributed by atoms with van der Waals surface area (Å²) in [5.74, 6) is -0.00109. The van der Waals surface area contributed by atoms with E-state index in [1.807, 2.05) is 62.4 Å². The summed E-state index contributed by atoms with van der Waals surface area (Å²) in [5.41, 5.74) is 2.57. The molecule has 0 saturated carbocycles. The van der Waals surface area contributed by atoms with Crippen LogP contribution in [0, 0.1) is 25.2 Å². The fourth-order valence-electron chi connectivity index (χ4n) is 2.95. The van der Waals surface area contributed by atoms with Gasteiger partial charge in [-0.15, -0.1) is 0 Å². The highest BCUT2D eigenvalue weighted by Crippen LogP contribution is 2.30. The highest BCUT2D eigenvalue weighted by Gasteiger charge is 2.12. The number of nitrogens with zero attached hydrogens (tertiary/aromatic N) is 1. The minimum Gasteiger partial charge on any atom is -0.490 e. The van der Waals surface area contributed by atoms with E-state index < -0.39 is 5.97 Å². The first kappa shape index (κ1) is 20.0. The van der Waals surface area contributed by atoms with Gasteiger partial charge in [0.2, 0.25) is 0 Å². The number of rotatable bonds is 7. The second-order valence-corrected chi connectivity index (χ2v) is 6.62. The summed E-state index contributed by atoms with van der Waals surface area (Å²) in [5, 5.41) is 20.1. The monoisotopic (exact) mass is 387 g/mol. The molecule has 0 amide bonds. The van der Waals surface area contributed by atoms with E-state index in [0.717, 1.165) is 22.1 Å². The van der Waals surface area contributed by atoms with E-state index in [-0.39, 0.29) is 12.2 Å². The lowest BCUT2D eigenvalue weighted by atomic mass is 10.0. The predicted octanol–water partition coefficient (Wildman–Crippen LogP) is 4.91. The van der Waals surface area contributed by atoms with Crippen LogP contribution in [0.5, 0.6) is 11.5 Å². The Morgan fingerprint density at radius 1 is 1.03 bits per heavy atom. The zero-order valence-corrected chi connectivity index (χ0v) is 16.3. The SMILES string of the molecule is Cc1ccc(OCCOc2ccc3ccccc3c2C=C(C#N)C(=O)O)cc1C. The van der Waals surface area contributed by atoms with Crippen molar-refractivity contribution in [3.8, 4) is 17.6 Å². The molecule has 1 N–H and O–H groups in total. The maximum atomic E-state index is 11.3. The molecular formula is C24H21NO4. The van der Waals surface area contributed by atoms with Crippen molar-refractivity contribution in [2.45, 2.75) is 13.8 Å². The minimum atomic E-state index is -1.27. The molecule has 0 aliphatic heterocycles. The van der Waals surface area contributed by atoms with E-state index in [9.17, 15) is 9.90 Å². The highest BCUT2D eigenvalue weighted by atomic mass is 16.5. The van der Waals surface area contributed by atoms with Crippen LogP contribution in [0.15, 0.2) is 60.2 Å². The summed E-state index contributed by atoms with van der Waals surface area (Å²) in [6.45, 7) is 4.69. The Morgan fingerprint density at radius 3 is 2.52 bits per heavy atom. The van der Waals surface area contributed by atoms with Crippen LogP contribution >= 0.6 is 0 Å². The Bertz CT molecular complexity index is 1130. The van der Waals surface area contributed by atoms with Gasteiger partial charge in [-0.05, 0) is 60.0 Å². The van der Waals surface area contributed by atoms with E-state index in [1.165, 1.54) is 11.6 Å². The molecule has 0 heterocycles. The number of aryl methyl sites for hydroxylation is 2. The smallest absolute Gasteiger partial charge is 0.346 e. The number of aliphatic carboxylic acids is 1. The molecule has 29 heavy (non-hydrogen) atoms. The van der Waals surface area contributed by atoms with Crippen molar-refractivity contribution in [2.75, 3.05) is 13.2 Å². The molecule has 0 fully saturated rings. The molecule has 0 aliphatic carbocycles. The topological polar surface area (TPSA) is 79.5 Å². The molecule has 5 nitrogen and oxygen atoms in total. The van der Waals surface area contributed by atoms with Gasteiger partial charge < -0.3 is 14.6 Å². The van der Waals surface area contributed by atoms with E-state index in [4.69, 9.17) is 14.7 Å². The number of carboxylic acids is 1. The van der Waals surface area contributed by atoms with Crippen LogP contribution in [-0.2, 0) is 4.79 Å². The number of ether oxygens (including phenoxy) is 2. The fraction of sp³-hybridized carbons (Fsp3) is 0.167. The normalized spacial score (nSPS) is 11.1. The molecule has 0 aliphatic rings. The molecule has 0 unspecified atom stereocenters. The molecule has 146 valence electrons. The molecule has 0 atom stereocenters.